The Hall–Kier alpha value is -2.95. The van der Waals surface area contributed by atoms with E-state index >= 15 is 0 Å². The number of rotatable bonds is 5. The van der Waals surface area contributed by atoms with Crippen molar-refractivity contribution >= 4 is 52.3 Å². The molecule has 2 aliphatic rings. The molecule has 0 spiro atoms. The summed E-state index contributed by atoms with van der Waals surface area (Å²) in [5.74, 6) is -0.866. The molecular formula is C24H27ClN4O5S. The second-order valence-electron chi connectivity index (χ2n) is 8.72. The predicted octanol–water partition coefficient (Wildman–Crippen LogP) is 2.54. The van der Waals surface area contributed by atoms with E-state index in [1.54, 1.807) is 40.1 Å². The third-order valence-electron chi connectivity index (χ3n) is 6.33. The van der Waals surface area contributed by atoms with E-state index in [-0.39, 0.29) is 30.2 Å². The smallest absolute Gasteiger partial charge is 0.262 e. The Balaban J connectivity index is 1.43. The lowest BCUT2D eigenvalue weighted by Crippen LogP contribution is -2.57. The Morgan fingerprint density at radius 3 is 2.34 bits per heavy atom. The van der Waals surface area contributed by atoms with Crippen molar-refractivity contribution in [2.45, 2.75) is 25.8 Å². The maximum atomic E-state index is 13.2. The Bertz CT molecular complexity index is 1150. The lowest BCUT2D eigenvalue weighted by atomic mass is 9.96. The molecule has 4 rings (SSSR count). The molecule has 2 fully saturated rings. The summed E-state index contributed by atoms with van der Waals surface area (Å²) in [5.41, 5.74) is 0.578. The lowest BCUT2D eigenvalue weighted by Gasteiger charge is -2.34. The number of carbonyl (C=O) groups excluding carboxylic acids is 4. The van der Waals surface area contributed by atoms with Crippen molar-refractivity contribution in [3.63, 3.8) is 0 Å². The standard InChI is InChI=1S/C24H27ClN4O5S/c1-15-13-17(3-4-18(15)22(32)29-10-8-28(9-11-29)16(2)30)26-23(33)24(7-12-34-14-24)27-21(31)19-5-6-20(25)35-19/h3-6,13H,7-12,14H2,1-2H3,(H,26,33)(H,27,31). The van der Waals surface area contributed by atoms with Crippen LogP contribution in [0.15, 0.2) is 30.3 Å². The Morgan fingerprint density at radius 1 is 1.06 bits per heavy atom. The van der Waals surface area contributed by atoms with Crippen LogP contribution in [0.2, 0.25) is 4.34 Å². The van der Waals surface area contributed by atoms with Gasteiger partial charge in [0.05, 0.1) is 15.8 Å². The number of piperazine rings is 1. The van der Waals surface area contributed by atoms with E-state index in [1.807, 2.05) is 6.92 Å². The molecule has 0 bridgehead atoms. The number of aryl methyl sites for hydroxylation is 1. The minimum absolute atomic E-state index is 0.00850. The van der Waals surface area contributed by atoms with Gasteiger partial charge in [0.25, 0.3) is 17.7 Å². The van der Waals surface area contributed by atoms with Crippen LogP contribution in [0, 0.1) is 6.92 Å². The van der Waals surface area contributed by atoms with E-state index < -0.39 is 5.54 Å². The number of halogens is 1. The summed E-state index contributed by atoms with van der Waals surface area (Å²) in [6.07, 6.45) is 0.339. The number of benzene rings is 1. The first-order valence-corrected chi connectivity index (χ1v) is 12.5. The lowest BCUT2D eigenvalue weighted by molar-refractivity contribution is -0.130. The van der Waals surface area contributed by atoms with Crippen LogP contribution in [-0.4, -0.2) is 78.4 Å². The minimum atomic E-state index is -1.20. The topological polar surface area (TPSA) is 108 Å². The number of carbonyl (C=O) groups is 4. The van der Waals surface area contributed by atoms with Gasteiger partial charge in [0, 0.05) is 57.4 Å². The summed E-state index contributed by atoms with van der Waals surface area (Å²) in [5, 5.41) is 5.69. The molecule has 2 saturated heterocycles. The zero-order valence-electron chi connectivity index (χ0n) is 19.6. The Kier molecular flexibility index (Phi) is 7.44. The maximum absolute atomic E-state index is 13.2. The molecule has 0 aliphatic carbocycles. The van der Waals surface area contributed by atoms with Gasteiger partial charge in [-0.2, -0.15) is 0 Å². The van der Waals surface area contributed by atoms with E-state index in [9.17, 15) is 19.2 Å². The summed E-state index contributed by atoms with van der Waals surface area (Å²) in [6.45, 7) is 5.74. The average molecular weight is 519 g/mol. The number of amides is 4. The van der Waals surface area contributed by atoms with Crippen LogP contribution in [0.1, 0.15) is 38.9 Å². The number of hydrogen-bond acceptors (Lipinski definition) is 6. The SMILES string of the molecule is CC(=O)N1CCN(C(=O)c2ccc(NC(=O)C3(NC(=O)c4ccc(Cl)s4)CCOC3)cc2C)CC1. The van der Waals surface area contributed by atoms with Crippen LogP contribution < -0.4 is 10.6 Å². The summed E-state index contributed by atoms with van der Waals surface area (Å²) < 4.78 is 5.94. The van der Waals surface area contributed by atoms with Crippen LogP contribution in [0.3, 0.4) is 0 Å². The molecule has 3 heterocycles. The summed E-state index contributed by atoms with van der Waals surface area (Å²) in [7, 11) is 0. The molecule has 2 N–H and O–H groups in total. The van der Waals surface area contributed by atoms with Crippen LogP contribution in [0.25, 0.3) is 0 Å². The van der Waals surface area contributed by atoms with Crippen molar-refractivity contribution in [2.24, 2.45) is 0 Å². The third kappa shape index (κ3) is 5.50. The van der Waals surface area contributed by atoms with Crippen molar-refractivity contribution in [1.82, 2.24) is 15.1 Å². The van der Waals surface area contributed by atoms with Crippen LogP contribution >= 0.6 is 22.9 Å². The first-order chi connectivity index (χ1) is 16.7. The highest BCUT2D eigenvalue weighted by molar-refractivity contribution is 7.18. The van der Waals surface area contributed by atoms with E-state index in [4.69, 9.17) is 16.3 Å². The van der Waals surface area contributed by atoms with Crippen LogP contribution in [0.4, 0.5) is 5.69 Å². The van der Waals surface area contributed by atoms with E-state index in [1.165, 1.54) is 6.92 Å². The molecule has 0 radical (unpaired) electrons. The van der Waals surface area contributed by atoms with Crippen molar-refractivity contribution < 1.29 is 23.9 Å². The van der Waals surface area contributed by atoms with Gasteiger partial charge in [0.2, 0.25) is 5.91 Å². The minimum Gasteiger partial charge on any atom is -0.378 e. The maximum Gasteiger partial charge on any atom is 0.262 e. The zero-order chi connectivity index (χ0) is 25.2. The second-order valence-corrected chi connectivity index (χ2v) is 10.4. The van der Waals surface area contributed by atoms with E-state index in [0.29, 0.717) is 59.7 Å². The van der Waals surface area contributed by atoms with Gasteiger partial charge in [-0.05, 0) is 42.8 Å². The Morgan fingerprint density at radius 2 is 1.77 bits per heavy atom. The fraction of sp³-hybridized carbons (Fsp3) is 0.417. The van der Waals surface area contributed by atoms with Gasteiger partial charge in [-0.15, -0.1) is 11.3 Å². The molecular weight excluding hydrogens is 492 g/mol. The van der Waals surface area contributed by atoms with Crippen molar-refractivity contribution in [1.29, 1.82) is 0 Å². The first-order valence-electron chi connectivity index (χ1n) is 11.3. The van der Waals surface area contributed by atoms with Crippen molar-refractivity contribution in [2.75, 3.05) is 44.7 Å². The zero-order valence-corrected chi connectivity index (χ0v) is 21.1. The van der Waals surface area contributed by atoms with Gasteiger partial charge < -0.3 is 25.2 Å². The van der Waals surface area contributed by atoms with Gasteiger partial charge >= 0.3 is 0 Å². The van der Waals surface area contributed by atoms with Gasteiger partial charge in [0.1, 0.15) is 5.54 Å². The fourth-order valence-electron chi connectivity index (χ4n) is 4.24. The normalized spacial score (nSPS) is 20.0. The fourth-order valence-corrected chi connectivity index (χ4v) is 5.18. The molecule has 1 aromatic carbocycles. The molecule has 186 valence electrons. The van der Waals surface area contributed by atoms with Gasteiger partial charge in [-0.25, -0.2) is 0 Å². The predicted molar refractivity (Wildman–Crippen MR) is 133 cm³/mol. The van der Waals surface area contributed by atoms with Crippen LogP contribution in [-0.2, 0) is 14.3 Å². The molecule has 1 unspecified atom stereocenters. The van der Waals surface area contributed by atoms with E-state index in [2.05, 4.69) is 10.6 Å². The molecule has 35 heavy (non-hydrogen) atoms. The number of ether oxygens (including phenoxy) is 1. The molecule has 0 saturated carbocycles. The van der Waals surface area contributed by atoms with Crippen molar-refractivity contribution in [3.8, 4) is 0 Å². The second kappa shape index (κ2) is 10.3. The molecule has 1 aromatic heterocycles. The number of anilines is 1. The number of hydrogen-bond donors (Lipinski definition) is 2. The molecule has 11 heteroatoms. The van der Waals surface area contributed by atoms with E-state index in [0.717, 1.165) is 16.9 Å². The summed E-state index contributed by atoms with van der Waals surface area (Å²) in [4.78, 5) is 54.3. The highest BCUT2D eigenvalue weighted by Crippen LogP contribution is 2.26. The highest BCUT2D eigenvalue weighted by atomic mass is 35.5. The number of thiophene rings is 1. The monoisotopic (exact) mass is 518 g/mol. The van der Waals surface area contributed by atoms with Gasteiger partial charge in [-0.1, -0.05) is 11.6 Å². The molecule has 2 aromatic rings. The van der Waals surface area contributed by atoms with Gasteiger partial charge in [0.15, 0.2) is 0 Å². The molecule has 4 amide bonds. The summed E-state index contributed by atoms with van der Waals surface area (Å²) in [6, 6.07) is 8.35. The summed E-state index contributed by atoms with van der Waals surface area (Å²) >= 11 is 7.07. The molecule has 9 nitrogen and oxygen atoms in total. The first kappa shape index (κ1) is 25.2. The number of nitrogens with zero attached hydrogens (tertiary/aromatic N) is 2. The van der Waals surface area contributed by atoms with Gasteiger partial charge in [-0.3, -0.25) is 19.2 Å². The van der Waals surface area contributed by atoms with Crippen LogP contribution in [0.5, 0.6) is 0 Å². The molecule has 2 aliphatic heterocycles. The average Bonchev–Trinajstić information content (AvgIpc) is 3.49. The number of nitrogens with one attached hydrogen (secondary N) is 2. The molecule has 1 atom stereocenters. The van der Waals surface area contributed by atoms with Crippen molar-refractivity contribution in [3.05, 3.63) is 50.7 Å². The third-order valence-corrected chi connectivity index (χ3v) is 7.56. The highest BCUT2D eigenvalue weighted by Gasteiger charge is 2.44. The Labute approximate surface area is 212 Å². The quantitative estimate of drug-likeness (QED) is 0.632. The largest absolute Gasteiger partial charge is 0.378 e.